The molecule has 4 aromatic rings. The van der Waals surface area contributed by atoms with Crippen molar-refractivity contribution in [3.8, 4) is 22.3 Å². The van der Waals surface area contributed by atoms with E-state index in [-0.39, 0.29) is 21.1 Å². The summed E-state index contributed by atoms with van der Waals surface area (Å²) in [4.78, 5) is 21.6. The molecule has 0 unspecified atom stereocenters. The number of rotatable bonds is 4. The predicted octanol–water partition coefficient (Wildman–Crippen LogP) is 3.46. The third-order valence-corrected chi connectivity index (χ3v) is 4.97. The van der Waals surface area contributed by atoms with Crippen molar-refractivity contribution in [1.82, 2.24) is 19.9 Å². The van der Waals surface area contributed by atoms with E-state index in [1.807, 2.05) is 48.8 Å². The Morgan fingerprint density at radius 2 is 0.967 bits per heavy atom. The Morgan fingerprint density at radius 1 is 0.567 bits per heavy atom. The van der Waals surface area contributed by atoms with Gasteiger partial charge in [-0.25, -0.2) is 9.97 Å². The molecule has 0 spiro atoms. The van der Waals surface area contributed by atoms with Crippen molar-refractivity contribution >= 4 is 19.2 Å². The monoisotopic (exact) mass is 572 g/mol. The molecular formula is C22H18BN6Pt. The van der Waals surface area contributed by atoms with Crippen LogP contribution >= 0.6 is 0 Å². The molecule has 0 aliphatic carbocycles. The van der Waals surface area contributed by atoms with Crippen LogP contribution in [0.5, 0.6) is 0 Å². The van der Waals surface area contributed by atoms with Gasteiger partial charge >= 0.3 is 7.55 Å². The van der Waals surface area contributed by atoms with Crippen molar-refractivity contribution < 1.29 is 21.1 Å². The van der Waals surface area contributed by atoms with Crippen molar-refractivity contribution in [2.75, 3.05) is 22.7 Å². The topological polar surface area (TPSA) is 58.0 Å². The number of hydrogen-bond donors (Lipinski definition) is 0. The summed E-state index contributed by atoms with van der Waals surface area (Å²) in [5, 5.41) is 0. The average Bonchev–Trinajstić information content (AvgIpc) is 3.31. The molecule has 4 aromatic heterocycles. The zero-order valence-corrected chi connectivity index (χ0v) is 18.3. The van der Waals surface area contributed by atoms with E-state index >= 15 is 0 Å². The number of pyridine rings is 4. The van der Waals surface area contributed by atoms with Crippen LogP contribution in [0.3, 0.4) is 0 Å². The largest absolute Gasteiger partial charge is 0.394 e. The van der Waals surface area contributed by atoms with E-state index in [0.717, 1.165) is 47.0 Å². The summed E-state index contributed by atoms with van der Waals surface area (Å²) in [5.74, 6) is 1.85. The normalized spacial score (nSPS) is 12.9. The molecule has 0 amide bonds. The quantitative estimate of drug-likeness (QED) is 0.350. The number of anilines is 2. The van der Waals surface area contributed by atoms with Crippen molar-refractivity contribution in [1.29, 1.82) is 0 Å². The summed E-state index contributed by atoms with van der Waals surface area (Å²) >= 11 is 0. The van der Waals surface area contributed by atoms with Gasteiger partial charge in [-0.3, -0.25) is 9.97 Å². The van der Waals surface area contributed by atoms with Gasteiger partial charge in [-0.2, -0.15) is 0 Å². The van der Waals surface area contributed by atoms with Crippen LogP contribution in [0.2, 0.25) is 0 Å². The van der Waals surface area contributed by atoms with Gasteiger partial charge in [0, 0.05) is 71.3 Å². The van der Waals surface area contributed by atoms with Gasteiger partial charge in [0.15, 0.2) is 0 Å². The van der Waals surface area contributed by atoms with Gasteiger partial charge in [0.25, 0.3) is 0 Å². The first kappa shape index (κ1) is 20.2. The molecule has 149 valence electrons. The van der Waals surface area contributed by atoms with Crippen LogP contribution in [0.1, 0.15) is 0 Å². The molecule has 0 bridgehead atoms. The molecule has 1 aliphatic rings. The summed E-state index contributed by atoms with van der Waals surface area (Å²) in [7, 11) is 2.08. The second-order valence-corrected chi connectivity index (χ2v) is 6.78. The average molecular weight is 572 g/mol. The zero-order chi connectivity index (χ0) is 19.5. The first-order chi connectivity index (χ1) is 14.4. The Bertz CT molecular complexity index is 1020. The summed E-state index contributed by atoms with van der Waals surface area (Å²) in [6, 6.07) is 16.3. The fraction of sp³-hybridized carbons (Fsp3) is 0.0909. The van der Waals surface area contributed by atoms with Crippen LogP contribution in [0.15, 0.2) is 85.7 Å². The van der Waals surface area contributed by atoms with Crippen molar-refractivity contribution in [2.24, 2.45) is 0 Å². The molecule has 1 radical (unpaired) electrons. The van der Waals surface area contributed by atoms with Gasteiger partial charge in [-0.1, -0.05) is 0 Å². The smallest absolute Gasteiger partial charge is 0.382 e. The number of aromatic nitrogens is 4. The van der Waals surface area contributed by atoms with E-state index in [9.17, 15) is 0 Å². The Balaban J connectivity index is 0.00000218. The van der Waals surface area contributed by atoms with Gasteiger partial charge in [0.1, 0.15) is 11.6 Å². The van der Waals surface area contributed by atoms with Crippen LogP contribution in [-0.2, 0) is 21.1 Å². The summed E-state index contributed by atoms with van der Waals surface area (Å²) in [6.07, 6.45) is 10.9. The standard InChI is InChI=1S/C22H18BN6.Pt/c1-7-24-8-2-17(1)19-5-11-26-21(15-19)28-13-14-29(23-28)22-16-20(6-12-27-22)18-3-9-25-10-4-18;/h1-12,15-16H,13-14H2;. The van der Waals surface area contributed by atoms with E-state index in [4.69, 9.17) is 0 Å². The van der Waals surface area contributed by atoms with Crippen LogP contribution in [0.4, 0.5) is 11.6 Å². The second-order valence-electron chi connectivity index (χ2n) is 6.78. The summed E-state index contributed by atoms with van der Waals surface area (Å²) in [6.45, 7) is 1.71. The van der Waals surface area contributed by atoms with Crippen molar-refractivity contribution in [3.63, 3.8) is 0 Å². The molecule has 0 atom stereocenters. The summed E-state index contributed by atoms with van der Waals surface area (Å²) < 4.78 is 0. The number of nitrogens with zero attached hydrogens (tertiary/aromatic N) is 6. The number of hydrogen-bond acceptors (Lipinski definition) is 6. The fourth-order valence-electron chi connectivity index (χ4n) is 3.45. The molecular weight excluding hydrogens is 554 g/mol. The Kier molecular flexibility index (Phi) is 6.19. The molecule has 5 rings (SSSR count). The van der Waals surface area contributed by atoms with E-state index in [1.54, 1.807) is 24.8 Å². The van der Waals surface area contributed by atoms with E-state index < -0.39 is 0 Å². The van der Waals surface area contributed by atoms with Crippen LogP contribution in [0, 0.1) is 0 Å². The van der Waals surface area contributed by atoms with E-state index in [0.29, 0.717) is 0 Å². The fourth-order valence-corrected chi connectivity index (χ4v) is 3.45. The van der Waals surface area contributed by atoms with Crippen LogP contribution < -0.4 is 9.62 Å². The third kappa shape index (κ3) is 4.26. The molecule has 5 heterocycles. The molecule has 0 aromatic carbocycles. The van der Waals surface area contributed by atoms with Gasteiger partial charge in [0.05, 0.1) is 0 Å². The van der Waals surface area contributed by atoms with E-state index in [1.165, 1.54) is 0 Å². The molecule has 0 N–H and O–H groups in total. The second kappa shape index (κ2) is 9.18. The van der Waals surface area contributed by atoms with Crippen LogP contribution in [-0.4, -0.2) is 40.6 Å². The minimum Gasteiger partial charge on any atom is -0.382 e. The maximum absolute atomic E-state index is 4.57. The maximum atomic E-state index is 4.57. The Labute approximate surface area is 190 Å². The third-order valence-electron chi connectivity index (χ3n) is 4.97. The predicted molar refractivity (Wildman–Crippen MR) is 115 cm³/mol. The van der Waals surface area contributed by atoms with Gasteiger partial charge < -0.3 is 9.62 Å². The Morgan fingerprint density at radius 3 is 1.40 bits per heavy atom. The first-order valence-corrected chi connectivity index (χ1v) is 9.48. The summed E-state index contributed by atoms with van der Waals surface area (Å²) in [5.41, 5.74) is 4.52. The molecule has 1 fully saturated rings. The SMILES string of the molecule is [B]1N(c2cc(-c3ccncc3)ccn2)CCN1c1cc(-c2ccncc2)ccn1.[Pt]. The van der Waals surface area contributed by atoms with Crippen molar-refractivity contribution in [2.45, 2.75) is 0 Å². The minimum absolute atomic E-state index is 0. The Hall–Kier alpha value is -3.05. The van der Waals surface area contributed by atoms with E-state index in [2.05, 4.69) is 49.2 Å². The molecule has 0 saturated carbocycles. The van der Waals surface area contributed by atoms with Crippen molar-refractivity contribution in [3.05, 3.63) is 85.7 Å². The first-order valence-electron chi connectivity index (χ1n) is 9.48. The minimum atomic E-state index is 0. The molecule has 1 saturated heterocycles. The van der Waals surface area contributed by atoms with Gasteiger partial charge in [-0.05, 0) is 70.8 Å². The molecule has 8 heteroatoms. The van der Waals surface area contributed by atoms with Gasteiger partial charge in [0.2, 0.25) is 0 Å². The molecule has 6 nitrogen and oxygen atoms in total. The van der Waals surface area contributed by atoms with Gasteiger partial charge in [-0.15, -0.1) is 0 Å². The maximum Gasteiger partial charge on any atom is 0.394 e. The molecule has 1 aliphatic heterocycles. The zero-order valence-electron chi connectivity index (χ0n) is 16.1. The molecule has 30 heavy (non-hydrogen) atoms. The van der Waals surface area contributed by atoms with Crippen LogP contribution in [0.25, 0.3) is 22.3 Å².